The van der Waals surface area contributed by atoms with Gasteiger partial charge in [-0.15, -0.1) is 0 Å². The summed E-state index contributed by atoms with van der Waals surface area (Å²) in [5.41, 5.74) is 6.98. The van der Waals surface area contributed by atoms with Crippen LogP contribution in [0.25, 0.3) is 0 Å². The molecule has 0 heterocycles. The van der Waals surface area contributed by atoms with Crippen LogP contribution in [0.15, 0.2) is 24.3 Å². The minimum absolute atomic E-state index is 0.000362. The van der Waals surface area contributed by atoms with E-state index in [4.69, 9.17) is 5.73 Å². The first-order valence-electron chi connectivity index (χ1n) is 7.89. The SMILES string of the molecule is CC(NC(=O)[C@@H]1CCC[C@@H]1CN)c1ccccc1NS(C)(=O)=O. The van der Waals surface area contributed by atoms with Gasteiger partial charge in [0.25, 0.3) is 0 Å². The Morgan fingerprint density at radius 2 is 2.04 bits per heavy atom. The molecule has 128 valence electrons. The van der Waals surface area contributed by atoms with E-state index in [1.54, 1.807) is 12.1 Å². The van der Waals surface area contributed by atoms with E-state index in [-0.39, 0.29) is 23.8 Å². The molecule has 0 radical (unpaired) electrons. The molecule has 3 atom stereocenters. The van der Waals surface area contributed by atoms with Crippen LogP contribution < -0.4 is 15.8 Å². The van der Waals surface area contributed by atoms with Crippen LogP contribution in [0.5, 0.6) is 0 Å². The highest BCUT2D eigenvalue weighted by atomic mass is 32.2. The lowest BCUT2D eigenvalue weighted by atomic mass is 9.94. The van der Waals surface area contributed by atoms with Crippen LogP contribution in [-0.2, 0) is 14.8 Å². The Balaban J connectivity index is 2.11. The van der Waals surface area contributed by atoms with Crippen molar-refractivity contribution < 1.29 is 13.2 Å². The molecule has 0 bridgehead atoms. The van der Waals surface area contributed by atoms with Crippen LogP contribution in [0.3, 0.4) is 0 Å². The monoisotopic (exact) mass is 339 g/mol. The Morgan fingerprint density at radius 1 is 1.35 bits per heavy atom. The number of nitrogens with two attached hydrogens (primary N) is 1. The molecule has 6 nitrogen and oxygen atoms in total. The van der Waals surface area contributed by atoms with Crippen molar-refractivity contribution in [2.45, 2.75) is 32.2 Å². The molecule has 1 aromatic rings. The minimum atomic E-state index is -3.37. The molecule has 1 unspecified atom stereocenters. The Kier molecular flexibility index (Phi) is 5.64. The maximum absolute atomic E-state index is 12.5. The van der Waals surface area contributed by atoms with Crippen LogP contribution in [0.1, 0.15) is 37.8 Å². The maximum atomic E-state index is 12.5. The molecule has 0 aromatic heterocycles. The molecule has 0 spiro atoms. The van der Waals surface area contributed by atoms with E-state index < -0.39 is 10.0 Å². The maximum Gasteiger partial charge on any atom is 0.229 e. The zero-order valence-electron chi connectivity index (χ0n) is 13.6. The van der Waals surface area contributed by atoms with Gasteiger partial charge in [0.1, 0.15) is 0 Å². The topological polar surface area (TPSA) is 101 Å². The predicted molar refractivity (Wildman–Crippen MR) is 91.4 cm³/mol. The number of amides is 1. The molecule has 1 saturated carbocycles. The van der Waals surface area contributed by atoms with Crippen molar-refractivity contribution in [2.24, 2.45) is 17.6 Å². The van der Waals surface area contributed by atoms with E-state index in [1.807, 2.05) is 19.1 Å². The van der Waals surface area contributed by atoms with E-state index in [1.165, 1.54) is 0 Å². The minimum Gasteiger partial charge on any atom is -0.349 e. The van der Waals surface area contributed by atoms with Gasteiger partial charge in [0, 0.05) is 5.92 Å². The lowest BCUT2D eigenvalue weighted by Gasteiger charge is -2.22. The van der Waals surface area contributed by atoms with Gasteiger partial charge in [-0.25, -0.2) is 8.42 Å². The summed E-state index contributed by atoms with van der Waals surface area (Å²) in [4.78, 5) is 12.5. The average molecular weight is 339 g/mol. The van der Waals surface area contributed by atoms with Gasteiger partial charge in [0.2, 0.25) is 15.9 Å². The van der Waals surface area contributed by atoms with E-state index in [2.05, 4.69) is 10.0 Å². The van der Waals surface area contributed by atoms with Crippen molar-refractivity contribution >= 4 is 21.6 Å². The summed E-state index contributed by atoms with van der Waals surface area (Å²) in [5.74, 6) is 0.198. The van der Waals surface area contributed by atoms with Crippen molar-refractivity contribution in [3.8, 4) is 0 Å². The summed E-state index contributed by atoms with van der Waals surface area (Å²) in [5, 5.41) is 3.00. The fourth-order valence-corrected chi connectivity index (χ4v) is 3.81. The number of carbonyl (C=O) groups is 1. The Hall–Kier alpha value is -1.60. The number of nitrogens with one attached hydrogen (secondary N) is 2. The lowest BCUT2D eigenvalue weighted by molar-refractivity contribution is -0.126. The smallest absolute Gasteiger partial charge is 0.229 e. The number of hydrogen-bond donors (Lipinski definition) is 3. The molecule has 7 heteroatoms. The molecular weight excluding hydrogens is 314 g/mol. The molecule has 1 fully saturated rings. The normalized spacial score (nSPS) is 22.6. The first-order chi connectivity index (χ1) is 10.8. The van der Waals surface area contributed by atoms with Crippen molar-refractivity contribution in [1.29, 1.82) is 0 Å². The predicted octanol–water partition coefficient (Wildman–Crippen LogP) is 1.61. The van der Waals surface area contributed by atoms with Gasteiger partial charge >= 0.3 is 0 Å². The Labute approximate surface area is 137 Å². The third kappa shape index (κ3) is 4.68. The summed E-state index contributed by atoms with van der Waals surface area (Å²) in [7, 11) is -3.37. The summed E-state index contributed by atoms with van der Waals surface area (Å²) >= 11 is 0. The summed E-state index contributed by atoms with van der Waals surface area (Å²) < 4.78 is 25.4. The van der Waals surface area contributed by atoms with Gasteiger partial charge in [0.15, 0.2) is 0 Å². The number of para-hydroxylation sites is 1. The van der Waals surface area contributed by atoms with Gasteiger partial charge in [-0.05, 0) is 43.9 Å². The summed E-state index contributed by atoms with van der Waals surface area (Å²) in [6.07, 6.45) is 4.00. The molecule has 4 N–H and O–H groups in total. The van der Waals surface area contributed by atoms with Gasteiger partial charge in [-0.1, -0.05) is 24.6 Å². The van der Waals surface area contributed by atoms with Crippen molar-refractivity contribution in [3.63, 3.8) is 0 Å². The fraction of sp³-hybridized carbons (Fsp3) is 0.562. The van der Waals surface area contributed by atoms with Crippen LogP contribution in [0.2, 0.25) is 0 Å². The molecule has 1 aliphatic carbocycles. The standard InChI is InChI=1S/C16H25N3O3S/c1-11(18-16(20)14-8-5-6-12(14)10-17)13-7-3-4-9-15(13)19-23(2,21)22/h3-4,7,9,11-12,14,19H,5-6,8,10,17H2,1-2H3,(H,18,20)/t11?,12-,14-/m1/s1. The van der Waals surface area contributed by atoms with Crippen LogP contribution in [0.4, 0.5) is 5.69 Å². The number of anilines is 1. The largest absolute Gasteiger partial charge is 0.349 e. The van der Waals surface area contributed by atoms with Crippen LogP contribution in [0, 0.1) is 11.8 Å². The second-order valence-electron chi connectivity index (χ2n) is 6.22. The quantitative estimate of drug-likeness (QED) is 0.733. The first-order valence-corrected chi connectivity index (χ1v) is 9.78. The molecule has 2 rings (SSSR count). The number of carbonyl (C=O) groups excluding carboxylic acids is 1. The van der Waals surface area contributed by atoms with Crippen LogP contribution >= 0.6 is 0 Å². The summed E-state index contributed by atoms with van der Waals surface area (Å²) in [6, 6.07) is 6.80. The Morgan fingerprint density at radius 3 is 2.70 bits per heavy atom. The first kappa shape index (κ1) is 17.7. The van der Waals surface area contributed by atoms with Crippen molar-refractivity contribution in [2.75, 3.05) is 17.5 Å². The zero-order valence-corrected chi connectivity index (χ0v) is 14.4. The second-order valence-corrected chi connectivity index (χ2v) is 7.97. The number of sulfonamides is 1. The number of benzene rings is 1. The number of hydrogen-bond acceptors (Lipinski definition) is 4. The summed E-state index contributed by atoms with van der Waals surface area (Å²) in [6.45, 7) is 2.38. The van der Waals surface area contributed by atoms with Gasteiger partial charge in [-0.2, -0.15) is 0 Å². The zero-order chi connectivity index (χ0) is 17.0. The van der Waals surface area contributed by atoms with Gasteiger partial charge in [0.05, 0.1) is 18.0 Å². The molecule has 0 saturated heterocycles. The highest BCUT2D eigenvalue weighted by Gasteiger charge is 2.32. The van der Waals surface area contributed by atoms with E-state index in [9.17, 15) is 13.2 Å². The van der Waals surface area contributed by atoms with E-state index >= 15 is 0 Å². The molecule has 1 amide bonds. The average Bonchev–Trinajstić information content (AvgIpc) is 2.94. The molecule has 1 aromatic carbocycles. The third-order valence-electron chi connectivity index (χ3n) is 4.38. The van der Waals surface area contributed by atoms with Crippen molar-refractivity contribution in [3.05, 3.63) is 29.8 Å². The molecule has 23 heavy (non-hydrogen) atoms. The molecule has 0 aliphatic heterocycles. The lowest BCUT2D eigenvalue weighted by Crippen LogP contribution is -2.36. The van der Waals surface area contributed by atoms with E-state index in [0.717, 1.165) is 31.1 Å². The second kappa shape index (κ2) is 7.31. The van der Waals surface area contributed by atoms with Gasteiger partial charge < -0.3 is 11.1 Å². The fourth-order valence-electron chi connectivity index (χ4n) is 3.23. The molecular formula is C16H25N3O3S. The highest BCUT2D eigenvalue weighted by molar-refractivity contribution is 7.92. The molecule has 1 aliphatic rings. The third-order valence-corrected chi connectivity index (χ3v) is 4.97. The van der Waals surface area contributed by atoms with E-state index in [0.29, 0.717) is 12.2 Å². The van der Waals surface area contributed by atoms with Gasteiger partial charge in [-0.3, -0.25) is 9.52 Å². The number of rotatable bonds is 6. The van der Waals surface area contributed by atoms with Crippen molar-refractivity contribution in [1.82, 2.24) is 5.32 Å². The highest BCUT2D eigenvalue weighted by Crippen LogP contribution is 2.32. The van der Waals surface area contributed by atoms with Crippen LogP contribution in [-0.4, -0.2) is 27.1 Å². The Bertz CT molecular complexity index is 660.